The van der Waals surface area contributed by atoms with E-state index in [9.17, 15) is 0 Å². The molecule has 2 aromatic rings. The van der Waals surface area contributed by atoms with Gasteiger partial charge < -0.3 is 21.2 Å². The number of nitrogens with two attached hydrogens (primary N) is 2. The number of benzene rings is 1. The number of hydrogen-bond donors (Lipinski definition) is 3. The maximum Gasteiger partial charge on any atom is 0.211 e. The predicted molar refractivity (Wildman–Crippen MR) is 68.3 cm³/mol. The summed E-state index contributed by atoms with van der Waals surface area (Å²) in [7, 11) is 1.63. The van der Waals surface area contributed by atoms with Crippen LogP contribution < -0.4 is 16.2 Å². The molecule has 0 saturated carbocycles. The molecule has 0 unspecified atom stereocenters. The minimum absolute atomic E-state index is 0.0707. The van der Waals surface area contributed by atoms with E-state index in [1.165, 1.54) is 0 Å². The Labute approximate surface area is 98.0 Å². The van der Waals surface area contributed by atoms with Gasteiger partial charge in [0.25, 0.3) is 0 Å². The Morgan fingerprint density at radius 3 is 2.94 bits per heavy atom. The van der Waals surface area contributed by atoms with Crippen molar-refractivity contribution in [3.8, 4) is 5.75 Å². The number of fused-ring (bicyclic) bond motifs is 1. The Morgan fingerprint density at radius 1 is 1.41 bits per heavy atom. The van der Waals surface area contributed by atoms with E-state index in [1.54, 1.807) is 13.3 Å². The van der Waals surface area contributed by atoms with E-state index in [2.05, 4.69) is 15.2 Å². The molecule has 0 radical (unpaired) electrons. The Balaban J connectivity index is 2.40. The van der Waals surface area contributed by atoms with Gasteiger partial charge in [-0.2, -0.15) is 5.10 Å². The Hall–Kier alpha value is -2.50. The maximum absolute atomic E-state index is 5.18. The first-order valence-corrected chi connectivity index (χ1v) is 4.98. The first-order valence-electron chi connectivity index (χ1n) is 4.98. The molecular weight excluding hydrogens is 218 g/mol. The minimum atomic E-state index is -0.0707. The van der Waals surface area contributed by atoms with Gasteiger partial charge in [0.1, 0.15) is 5.75 Å². The van der Waals surface area contributed by atoms with Crippen molar-refractivity contribution in [2.45, 2.75) is 0 Å². The van der Waals surface area contributed by atoms with Crippen LogP contribution in [0.5, 0.6) is 5.75 Å². The van der Waals surface area contributed by atoms with Gasteiger partial charge in [0.05, 0.1) is 13.3 Å². The van der Waals surface area contributed by atoms with E-state index in [1.807, 2.05) is 24.4 Å². The molecule has 5 N–H and O–H groups in total. The number of hydrogen-bond acceptors (Lipinski definition) is 3. The molecule has 1 heterocycles. The lowest BCUT2D eigenvalue weighted by Crippen LogP contribution is -2.21. The zero-order valence-electron chi connectivity index (χ0n) is 9.34. The lowest BCUT2D eigenvalue weighted by atomic mass is 10.2. The highest BCUT2D eigenvalue weighted by Crippen LogP contribution is 2.22. The van der Waals surface area contributed by atoms with Crippen molar-refractivity contribution in [2.24, 2.45) is 21.7 Å². The first-order chi connectivity index (χ1) is 8.20. The molecule has 6 heteroatoms. The molecule has 0 aliphatic rings. The van der Waals surface area contributed by atoms with Crippen LogP contribution in [-0.4, -0.2) is 24.3 Å². The van der Waals surface area contributed by atoms with E-state index in [4.69, 9.17) is 16.2 Å². The molecule has 6 nitrogen and oxygen atoms in total. The van der Waals surface area contributed by atoms with Gasteiger partial charge in [-0.1, -0.05) is 0 Å². The number of rotatable bonds is 3. The zero-order valence-corrected chi connectivity index (χ0v) is 9.34. The number of nitrogens with one attached hydrogen (secondary N) is 1. The SMILES string of the molecule is COc1ccc2[nH]cc(C=NN=C(N)N)c2c1. The maximum atomic E-state index is 5.18. The lowest BCUT2D eigenvalue weighted by Gasteiger charge is -1.98. The average Bonchev–Trinajstić information content (AvgIpc) is 2.71. The quantitative estimate of drug-likeness (QED) is 0.413. The summed E-state index contributed by atoms with van der Waals surface area (Å²) in [5, 5.41) is 8.32. The summed E-state index contributed by atoms with van der Waals surface area (Å²) in [4.78, 5) is 3.12. The van der Waals surface area contributed by atoms with Crippen LogP contribution >= 0.6 is 0 Å². The molecule has 0 atom stereocenters. The summed E-state index contributed by atoms with van der Waals surface area (Å²) in [6.07, 6.45) is 3.41. The summed E-state index contributed by atoms with van der Waals surface area (Å²) in [6, 6.07) is 5.74. The van der Waals surface area contributed by atoms with Crippen LogP contribution in [0.4, 0.5) is 0 Å². The second kappa shape index (κ2) is 4.56. The average molecular weight is 231 g/mol. The van der Waals surface area contributed by atoms with Gasteiger partial charge >= 0.3 is 0 Å². The molecule has 0 saturated heterocycles. The third-order valence-electron chi connectivity index (χ3n) is 2.29. The van der Waals surface area contributed by atoms with Gasteiger partial charge in [-0.25, -0.2) is 0 Å². The van der Waals surface area contributed by atoms with Crippen molar-refractivity contribution >= 4 is 23.1 Å². The minimum Gasteiger partial charge on any atom is -0.497 e. The normalized spacial score (nSPS) is 10.9. The van der Waals surface area contributed by atoms with Crippen LogP contribution in [0.15, 0.2) is 34.6 Å². The predicted octanol–water partition coefficient (Wildman–Crippen LogP) is 0.784. The molecule has 0 aliphatic heterocycles. The number of guanidine groups is 1. The first kappa shape index (κ1) is 11.0. The molecule has 0 fully saturated rings. The molecule has 0 amide bonds. The van der Waals surface area contributed by atoms with Gasteiger partial charge in [0.15, 0.2) is 0 Å². The largest absolute Gasteiger partial charge is 0.497 e. The van der Waals surface area contributed by atoms with Gasteiger partial charge in [-0.3, -0.25) is 0 Å². The standard InChI is InChI=1S/C11H13N5O/c1-17-8-2-3-10-9(4-8)7(5-14-10)6-15-16-11(12)13/h2-6,14H,1H3,(H4,12,13,16). The summed E-state index contributed by atoms with van der Waals surface area (Å²) in [5.41, 5.74) is 12.2. The smallest absolute Gasteiger partial charge is 0.211 e. The number of ether oxygens (including phenoxy) is 1. The van der Waals surface area contributed by atoms with Crippen molar-refractivity contribution < 1.29 is 4.74 Å². The molecule has 0 bridgehead atoms. The summed E-state index contributed by atoms with van der Waals surface area (Å²) in [5.74, 6) is 0.715. The van der Waals surface area contributed by atoms with Crippen molar-refractivity contribution in [2.75, 3.05) is 7.11 Å². The van der Waals surface area contributed by atoms with Crippen LogP contribution in [0, 0.1) is 0 Å². The highest BCUT2D eigenvalue weighted by molar-refractivity contribution is 5.99. The van der Waals surface area contributed by atoms with E-state index in [-0.39, 0.29) is 5.96 Å². The lowest BCUT2D eigenvalue weighted by molar-refractivity contribution is 0.415. The number of H-pyrrole nitrogens is 1. The molecule has 17 heavy (non-hydrogen) atoms. The van der Waals surface area contributed by atoms with Crippen LogP contribution in [0.2, 0.25) is 0 Å². The number of methoxy groups -OCH3 is 1. The van der Waals surface area contributed by atoms with Crippen LogP contribution in [0.1, 0.15) is 5.56 Å². The third kappa shape index (κ3) is 2.36. The van der Waals surface area contributed by atoms with E-state index in [0.717, 1.165) is 22.2 Å². The molecule has 88 valence electrons. The van der Waals surface area contributed by atoms with Crippen LogP contribution in [-0.2, 0) is 0 Å². The number of aromatic nitrogens is 1. The van der Waals surface area contributed by atoms with Gasteiger partial charge in [0, 0.05) is 22.7 Å². The Morgan fingerprint density at radius 2 is 2.24 bits per heavy atom. The number of nitrogens with zero attached hydrogens (tertiary/aromatic N) is 2. The molecule has 0 spiro atoms. The monoisotopic (exact) mass is 231 g/mol. The van der Waals surface area contributed by atoms with Gasteiger partial charge in [-0.15, -0.1) is 5.10 Å². The fourth-order valence-electron chi connectivity index (χ4n) is 1.51. The molecule has 1 aromatic heterocycles. The van der Waals surface area contributed by atoms with Gasteiger partial charge in [0.2, 0.25) is 5.96 Å². The summed E-state index contributed by atoms with van der Waals surface area (Å²) < 4.78 is 5.16. The van der Waals surface area contributed by atoms with Gasteiger partial charge in [-0.05, 0) is 18.2 Å². The van der Waals surface area contributed by atoms with Crippen LogP contribution in [0.25, 0.3) is 10.9 Å². The van der Waals surface area contributed by atoms with Crippen molar-refractivity contribution in [3.05, 3.63) is 30.0 Å². The van der Waals surface area contributed by atoms with Crippen molar-refractivity contribution in [1.82, 2.24) is 4.98 Å². The van der Waals surface area contributed by atoms with Crippen molar-refractivity contribution in [3.63, 3.8) is 0 Å². The second-order valence-electron chi connectivity index (χ2n) is 3.42. The Kier molecular flexibility index (Phi) is 2.95. The Bertz CT molecular complexity index is 581. The zero-order chi connectivity index (χ0) is 12.3. The second-order valence-corrected chi connectivity index (χ2v) is 3.42. The molecule has 0 aliphatic carbocycles. The van der Waals surface area contributed by atoms with Crippen LogP contribution in [0.3, 0.4) is 0 Å². The molecule has 2 rings (SSSR count). The van der Waals surface area contributed by atoms with E-state index >= 15 is 0 Å². The number of aromatic amines is 1. The fourth-order valence-corrected chi connectivity index (χ4v) is 1.51. The molecule has 1 aromatic carbocycles. The fraction of sp³-hybridized carbons (Fsp3) is 0.0909. The van der Waals surface area contributed by atoms with E-state index in [0.29, 0.717) is 0 Å². The topological polar surface area (TPSA) is 102 Å². The third-order valence-corrected chi connectivity index (χ3v) is 2.29. The summed E-state index contributed by atoms with van der Waals surface area (Å²) >= 11 is 0. The van der Waals surface area contributed by atoms with E-state index < -0.39 is 0 Å². The highest BCUT2D eigenvalue weighted by atomic mass is 16.5. The summed E-state index contributed by atoms with van der Waals surface area (Å²) in [6.45, 7) is 0. The highest BCUT2D eigenvalue weighted by Gasteiger charge is 2.02. The van der Waals surface area contributed by atoms with Crippen molar-refractivity contribution in [1.29, 1.82) is 0 Å². The molecular formula is C11H13N5O.